The van der Waals surface area contributed by atoms with Crippen molar-refractivity contribution in [1.82, 2.24) is 9.71 Å². The van der Waals surface area contributed by atoms with Crippen molar-refractivity contribution in [2.45, 2.75) is 32.2 Å². The van der Waals surface area contributed by atoms with Crippen LogP contribution in [-0.4, -0.2) is 13.4 Å². The largest absolute Gasteiger partial charge is 0.245 e. The third-order valence-electron chi connectivity index (χ3n) is 2.36. The number of rotatable bonds is 4. The lowest BCUT2D eigenvalue weighted by Gasteiger charge is -2.04. The molecule has 2 aromatic heterocycles. The molecule has 0 bridgehead atoms. The molecule has 98 valence electrons. The van der Waals surface area contributed by atoms with Gasteiger partial charge in [0.25, 0.3) is 0 Å². The van der Waals surface area contributed by atoms with E-state index in [9.17, 15) is 8.42 Å². The van der Waals surface area contributed by atoms with Crippen molar-refractivity contribution >= 4 is 32.7 Å². The van der Waals surface area contributed by atoms with Gasteiger partial charge in [0.1, 0.15) is 5.01 Å². The SMILES string of the molecule is Cc1csc(CNS(=O)(=O)c2cc(C)sc2C)n1. The van der Waals surface area contributed by atoms with Crippen molar-refractivity contribution in [3.8, 4) is 0 Å². The van der Waals surface area contributed by atoms with E-state index in [0.29, 0.717) is 4.90 Å². The summed E-state index contributed by atoms with van der Waals surface area (Å²) in [6.07, 6.45) is 0. The van der Waals surface area contributed by atoms with Crippen LogP contribution in [0.2, 0.25) is 0 Å². The maximum absolute atomic E-state index is 12.1. The Morgan fingerprint density at radius 3 is 2.56 bits per heavy atom. The molecule has 18 heavy (non-hydrogen) atoms. The smallest absolute Gasteiger partial charge is 0.242 e. The fourth-order valence-corrected chi connectivity index (χ4v) is 4.94. The molecule has 0 radical (unpaired) electrons. The maximum atomic E-state index is 12.1. The molecule has 0 aliphatic carbocycles. The molecule has 2 rings (SSSR count). The van der Waals surface area contributed by atoms with Crippen molar-refractivity contribution in [2.24, 2.45) is 0 Å². The fourth-order valence-electron chi connectivity index (χ4n) is 1.59. The van der Waals surface area contributed by atoms with Gasteiger partial charge in [-0.3, -0.25) is 0 Å². The second kappa shape index (κ2) is 5.08. The van der Waals surface area contributed by atoms with Crippen LogP contribution in [0.1, 0.15) is 20.5 Å². The van der Waals surface area contributed by atoms with Gasteiger partial charge in [-0.1, -0.05) is 0 Å². The van der Waals surface area contributed by atoms with Crippen molar-refractivity contribution in [1.29, 1.82) is 0 Å². The van der Waals surface area contributed by atoms with Gasteiger partial charge in [0.05, 0.1) is 11.4 Å². The van der Waals surface area contributed by atoms with Gasteiger partial charge in [-0.15, -0.1) is 22.7 Å². The summed E-state index contributed by atoms with van der Waals surface area (Å²) < 4.78 is 26.8. The standard InChI is InChI=1S/C11H14N2O2S3/c1-7-6-16-11(13-7)5-12-18(14,15)10-4-8(2)17-9(10)3/h4,6,12H,5H2,1-3H3. The first-order valence-electron chi connectivity index (χ1n) is 5.36. The van der Waals surface area contributed by atoms with E-state index in [1.807, 2.05) is 26.2 Å². The van der Waals surface area contributed by atoms with Gasteiger partial charge in [-0.05, 0) is 26.8 Å². The van der Waals surface area contributed by atoms with Crippen molar-refractivity contribution in [3.05, 3.63) is 31.9 Å². The van der Waals surface area contributed by atoms with Crippen LogP contribution in [0.25, 0.3) is 0 Å². The number of thiazole rings is 1. The molecule has 0 saturated heterocycles. The first kappa shape index (κ1) is 13.7. The Morgan fingerprint density at radius 1 is 1.33 bits per heavy atom. The highest BCUT2D eigenvalue weighted by atomic mass is 32.2. The summed E-state index contributed by atoms with van der Waals surface area (Å²) in [7, 11) is -3.43. The first-order chi connectivity index (χ1) is 8.38. The normalized spacial score (nSPS) is 11.9. The molecule has 0 aromatic carbocycles. The van der Waals surface area contributed by atoms with Crippen molar-refractivity contribution in [2.75, 3.05) is 0 Å². The highest BCUT2D eigenvalue weighted by Gasteiger charge is 2.19. The lowest BCUT2D eigenvalue weighted by Crippen LogP contribution is -2.23. The molecule has 0 fully saturated rings. The van der Waals surface area contributed by atoms with E-state index < -0.39 is 10.0 Å². The van der Waals surface area contributed by atoms with Gasteiger partial charge in [0, 0.05) is 20.8 Å². The Labute approximate surface area is 115 Å². The molecule has 2 heterocycles. The molecule has 0 aliphatic rings. The highest BCUT2D eigenvalue weighted by molar-refractivity contribution is 7.89. The molecular weight excluding hydrogens is 288 g/mol. The van der Waals surface area contributed by atoms with E-state index in [4.69, 9.17) is 0 Å². The quantitative estimate of drug-likeness (QED) is 0.944. The monoisotopic (exact) mass is 302 g/mol. The zero-order valence-electron chi connectivity index (χ0n) is 10.4. The van der Waals surface area contributed by atoms with E-state index >= 15 is 0 Å². The Bertz CT molecular complexity index is 656. The topological polar surface area (TPSA) is 59.1 Å². The van der Waals surface area contributed by atoms with Gasteiger partial charge >= 0.3 is 0 Å². The molecular formula is C11H14N2O2S3. The molecule has 0 spiro atoms. The molecule has 0 atom stereocenters. The second-order valence-electron chi connectivity index (χ2n) is 3.98. The molecule has 2 aromatic rings. The fraction of sp³-hybridized carbons (Fsp3) is 0.364. The van der Waals surface area contributed by atoms with Gasteiger partial charge in [0.15, 0.2) is 0 Å². The van der Waals surface area contributed by atoms with Crippen LogP contribution in [0.3, 0.4) is 0 Å². The summed E-state index contributed by atoms with van der Waals surface area (Å²) in [5.74, 6) is 0. The average Bonchev–Trinajstić information content (AvgIpc) is 2.82. The average molecular weight is 302 g/mol. The molecule has 0 saturated carbocycles. The molecule has 1 N–H and O–H groups in total. The van der Waals surface area contributed by atoms with E-state index in [1.54, 1.807) is 6.07 Å². The van der Waals surface area contributed by atoms with Crippen LogP contribution >= 0.6 is 22.7 Å². The van der Waals surface area contributed by atoms with Crippen LogP contribution in [0.15, 0.2) is 16.3 Å². The third-order valence-corrected chi connectivity index (χ3v) is 5.95. The molecule has 0 aliphatic heterocycles. The minimum Gasteiger partial charge on any atom is -0.245 e. The second-order valence-corrected chi connectivity index (χ2v) is 8.12. The summed E-state index contributed by atoms with van der Waals surface area (Å²) in [6.45, 7) is 5.86. The zero-order valence-corrected chi connectivity index (χ0v) is 12.8. The predicted octanol–water partition coefficient (Wildman–Crippen LogP) is 2.61. The van der Waals surface area contributed by atoms with E-state index in [0.717, 1.165) is 20.5 Å². The summed E-state index contributed by atoms with van der Waals surface area (Å²) in [5, 5.41) is 2.68. The van der Waals surface area contributed by atoms with Crippen LogP contribution in [0.5, 0.6) is 0 Å². The molecule has 7 heteroatoms. The first-order valence-corrected chi connectivity index (χ1v) is 8.54. The molecule has 4 nitrogen and oxygen atoms in total. The Morgan fingerprint density at radius 2 is 2.06 bits per heavy atom. The summed E-state index contributed by atoms with van der Waals surface area (Å²) in [6, 6.07) is 1.70. The Kier molecular flexibility index (Phi) is 3.86. The van der Waals surface area contributed by atoms with Crippen LogP contribution in [0.4, 0.5) is 0 Å². The number of nitrogens with one attached hydrogen (secondary N) is 1. The van der Waals surface area contributed by atoms with Crippen LogP contribution < -0.4 is 4.72 Å². The number of sulfonamides is 1. The third kappa shape index (κ3) is 2.97. The number of hydrogen-bond acceptors (Lipinski definition) is 5. The van der Waals surface area contributed by atoms with Crippen LogP contribution in [0, 0.1) is 20.8 Å². The van der Waals surface area contributed by atoms with E-state index in [2.05, 4.69) is 9.71 Å². The molecule has 0 unspecified atom stereocenters. The maximum Gasteiger partial charge on any atom is 0.242 e. The van der Waals surface area contributed by atoms with E-state index in [1.165, 1.54) is 22.7 Å². The minimum absolute atomic E-state index is 0.245. The summed E-state index contributed by atoms with van der Waals surface area (Å²) >= 11 is 2.95. The lowest BCUT2D eigenvalue weighted by molar-refractivity contribution is 0.581. The number of aromatic nitrogens is 1. The van der Waals surface area contributed by atoms with Crippen LogP contribution in [-0.2, 0) is 16.6 Å². The van der Waals surface area contributed by atoms with E-state index in [-0.39, 0.29) is 6.54 Å². The van der Waals surface area contributed by atoms with Gasteiger partial charge in [0.2, 0.25) is 10.0 Å². The highest BCUT2D eigenvalue weighted by Crippen LogP contribution is 2.24. The lowest BCUT2D eigenvalue weighted by atomic mass is 10.4. The minimum atomic E-state index is -3.43. The molecule has 0 amide bonds. The predicted molar refractivity (Wildman–Crippen MR) is 74.7 cm³/mol. The summed E-state index contributed by atoms with van der Waals surface area (Å²) in [5.41, 5.74) is 0.914. The zero-order chi connectivity index (χ0) is 13.3. The van der Waals surface area contributed by atoms with Gasteiger partial charge in [-0.2, -0.15) is 0 Å². The van der Waals surface area contributed by atoms with Gasteiger partial charge in [-0.25, -0.2) is 18.1 Å². The van der Waals surface area contributed by atoms with Crippen molar-refractivity contribution in [3.63, 3.8) is 0 Å². The number of hydrogen-bond donors (Lipinski definition) is 1. The number of aryl methyl sites for hydroxylation is 3. The van der Waals surface area contributed by atoms with Crippen molar-refractivity contribution < 1.29 is 8.42 Å². The number of nitrogens with zero attached hydrogens (tertiary/aromatic N) is 1. The van der Waals surface area contributed by atoms with Gasteiger partial charge < -0.3 is 0 Å². The number of thiophene rings is 1. The Balaban J connectivity index is 2.15. The Hall–Kier alpha value is -0.760. The summed E-state index contributed by atoms with van der Waals surface area (Å²) in [4.78, 5) is 6.42.